The number of amides is 2. The van der Waals surface area contributed by atoms with Crippen molar-refractivity contribution in [2.45, 2.75) is 27.7 Å². The third-order valence-corrected chi connectivity index (χ3v) is 5.15. The summed E-state index contributed by atoms with van der Waals surface area (Å²) in [4.78, 5) is 23.7. The molecule has 8 heteroatoms. The van der Waals surface area contributed by atoms with Gasteiger partial charge in [0.1, 0.15) is 6.54 Å². The van der Waals surface area contributed by atoms with Gasteiger partial charge in [-0.1, -0.05) is 23.8 Å². The number of anilines is 3. The van der Waals surface area contributed by atoms with Crippen LogP contribution in [0.4, 0.5) is 17.1 Å². The van der Waals surface area contributed by atoms with Crippen molar-refractivity contribution in [1.29, 1.82) is 0 Å². The lowest BCUT2D eigenvalue weighted by molar-refractivity contribution is -0.115. The molecule has 150 valence electrons. The van der Waals surface area contributed by atoms with Gasteiger partial charge in [-0.05, 0) is 50.1 Å². The van der Waals surface area contributed by atoms with Crippen molar-refractivity contribution >= 4 is 38.9 Å². The van der Waals surface area contributed by atoms with E-state index in [4.69, 9.17) is 0 Å². The van der Waals surface area contributed by atoms with E-state index in [0.29, 0.717) is 17.1 Å². The van der Waals surface area contributed by atoms with E-state index in [1.165, 1.54) is 6.92 Å². The van der Waals surface area contributed by atoms with Crippen molar-refractivity contribution in [3.63, 3.8) is 0 Å². The van der Waals surface area contributed by atoms with E-state index in [1.807, 2.05) is 32.9 Å². The molecule has 0 saturated carbocycles. The molecule has 2 amide bonds. The average Bonchev–Trinajstić information content (AvgIpc) is 2.51. The number of hydrogen-bond acceptors (Lipinski definition) is 4. The van der Waals surface area contributed by atoms with Crippen LogP contribution in [-0.4, -0.2) is 33.0 Å². The molecule has 2 rings (SSSR count). The van der Waals surface area contributed by atoms with Crippen LogP contribution in [0, 0.1) is 20.8 Å². The Kier molecular flexibility index (Phi) is 6.45. The minimum atomic E-state index is -3.67. The van der Waals surface area contributed by atoms with E-state index in [0.717, 1.165) is 27.3 Å². The van der Waals surface area contributed by atoms with E-state index in [9.17, 15) is 18.0 Å². The van der Waals surface area contributed by atoms with Crippen LogP contribution in [0.1, 0.15) is 23.6 Å². The van der Waals surface area contributed by atoms with Crippen molar-refractivity contribution in [2.75, 3.05) is 27.7 Å². The first-order valence-electron chi connectivity index (χ1n) is 8.70. The van der Waals surface area contributed by atoms with Gasteiger partial charge in [0, 0.05) is 18.3 Å². The Balaban J connectivity index is 2.27. The second kappa shape index (κ2) is 8.43. The summed E-state index contributed by atoms with van der Waals surface area (Å²) in [6, 6.07) is 10.4. The Bertz CT molecular complexity index is 993. The molecule has 0 spiro atoms. The molecule has 28 heavy (non-hydrogen) atoms. The molecule has 2 aromatic carbocycles. The zero-order chi connectivity index (χ0) is 21.1. The van der Waals surface area contributed by atoms with Gasteiger partial charge in [-0.15, -0.1) is 0 Å². The predicted molar refractivity (Wildman–Crippen MR) is 112 cm³/mol. The van der Waals surface area contributed by atoms with E-state index < -0.39 is 15.9 Å². The molecule has 0 aliphatic heterocycles. The lowest BCUT2D eigenvalue weighted by atomic mass is 10.1. The fourth-order valence-corrected chi connectivity index (χ4v) is 4.11. The van der Waals surface area contributed by atoms with E-state index >= 15 is 0 Å². The molecule has 0 saturated heterocycles. The number of aryl methyl sites for hydroxylation is 3. The number of sulfonamides is 1. The maximum atomic E-state index is 12.6. The predicted octanol–water partition coefficient (Wildman–Crippen LogP) is 2.97. The summed E-state index contributed by atoms with van der Waals surface area (Å²) in [5.74, 6) is -0.707. The van der Waals surface area contributed by atoms with Crippen LogP contribution in [0.15, 0.2) is 36.4 Å². The van der Waals surface area contributed by atoms with Crippen molar-refractivity contribution in [2.24, 2.45) is 0 Å². The molecule has 0 bridgehead atoms. The summed E-state index contributed by atoms with van der Waals surface area (Å²) in [7, 11) is -3.67. The van der Waals surface area contributed by atoms with Gasteiger partial charge >= 0.3 is 0 Å². The fraction of sp³-hybridized carbons (Fsp3) is 0.300. The SMILES string of the molecule is CC(=O)Nc1cccc(NC(=O)CN(c2c(C)cc(C)cc2C)S(C)(=O)=O)c1. The third-order valence-electron chi connectivity index (χ3n) is 4.04. The van der Waals surface area contributed by atoms with E-state index in [1.54, 1.807) is 24.3 Å². The summed E-state index contributed by atoms with van der Waals surface area (Å²) >= 11 is 0. The van der Waals surface area contributed by atoms with Gasteiger partial charge in [-0.25, -0.2) is 8.42 Å². The van der Waals surface area contributed by atoms with E-state index in [-0.39, 0.29) is 12.5 Å². The van der Waals surface area contributed by atoms with E-state index in [2.05, 4.69) is 10.6 Å². The van der Waals surface area contributed by atoms with Gasteiger partial charge in [-0.3, -0.25) is 13.9 Å². The number of carbonyl (C=O) groups is 2. The summed E-state index contributed by atoms with van der Waals surface area (Å²) in [5, 5.41) is 5.31. The fourth-order valence-electron chi connectivity index (χ4n) is 3.14. The Morgan fingerprint density at radius 2 is 1.50 bits per heavy atom. The van der Waals surface area contributed by atoms with Crippen molar-refractivity contribution in [1.82, 2.24) is 0 Å². The summed E-state index contributed by atoms with van der Waals surface area (Å²) in [5.41, 5.74) is 4.09. The summed E-state index contributed by atoms with van der Waals surface area (Å²) < 4.78 is 25.9. The zero-order valence-corrected chi connectivity index (χ0v) is 17.5. The van der Waals surface area contributed by atoms with Crippen LogP contribution in [0.2, 0.25) is 0 Å². The van der Waals surface area contributed by atoms with Crippen LogP contribution in [0.5, 0.6) is 0 Å². The summed E-state index contributed by atoms with van der Waals surface area (Å²) in [6.07, 6.45) is 1.08. The molecular weight excluding hydrogens is 378 g/mol. The first kappa shape index (κ1) is 21.4. The Morgan fingerprint density at radius 3 is 2.00 bits per heavy atom. The Morgan fingerprint density at radius 1 is 0.964 bits per heavy atom. The molecule has 0 fully saturated rings. The lowest BCUT2D eigenvalue weighted by Gasteiger charge is -2.26. The summed E-state index contributed by atoms with van der Waals surface area (Å²) in [6.45, 7) is 6.61. The van der Waals surface area contributed by atoms with Crippen LogP contribution >= 0.6 is 0 Å². The van der Waals surface area contributed by atoms with Crippen LogP contribution in [0.25, 0.3) is 0 Å². The van der Waals surface area contributed by atoms with Crippen molar-refractivity contribution in [3.8, 4) is 0 Å². The second-order valence-electron chi connectivity index (χ2n) is 6.83. The van der Waals surface area contributed by atoms with Gasteiger partial charge < -0.3 is 10.6 Å². The highest BCUT2D eigenvalue weighted by atomic mass is 32.2. The number of benzene rings is 2. The average molecular weight is 404 g/mol. The molecule has 0 atom stereocenters. The van der Waals surface area contributed by atoms with Gasteiger partial charge in [-0.2, -0.15) is 0 Å². The number of hydrogen-bond donors (Lipinski definition) is 2. The van der Waals surface area contributed by atoms with Crippen LogP contribution < -0.4 is 14.9 Å². The van der Waals surface area contributed by atoms with Crippen LogP contribution in [0.3, 0.4) is 0 Å². The van der Waals surface area contributed by atoms with Crippen LogP contribution in [-0.2, 0) is 19.6 Å². The largest absolute Gasteiger partial charge is 0.326 e. The highest BCUT2D eigenvalue weighted by Crippen LogP contribution is 2.28. The third kappa shape index (κ3) is 5.56. The maximum Gasteiger partial charge on any atom is 0.245 e. The smallest absolute Gasteiger partial charge is 0.245 e. The molecule has 0 unspecified atom stereocenters. The zero-order valence-electron chi connectivity index (χ0n) is 16.7. The molecule has 7 nitrogen and oxygen atoms in total. The lowest BCUT2D eigenvalue weighted by Crippen LogP contribution is -2.38. The van der Waals surface area contributed by atoms with Gasteiger partial charge in [0.25, 0.3) is 0 Å². The topological polar surface area (TPSA) is 95.6 Å². The minimum Gasteiger partial charge on any atom is -0.326 e. The maximum absolute atomic E-state index is 12.6. The number of rotatable bonds is 6. The van der Waals surface area contributed by atoms with Crippen molar-refractivity contribution < 1.29 is 18.0 Å². The Labute approximate surface area is 165 Å². The molecule has 0 aliphatic rings. The Hall–Kier alpha value is -2.87. The second-order valence-corrected chi connectivity index (χ2v) is 8.73. The first-order valence-corrected chi connectivity index (χ1v) is 10.6. The molecule has 0 heterocycles. The molecular formula is C20H25N3O4S. The molecule has 2 aromatic rings. The minimum absolute atomic E-state index is 0.225. The molecule has 0 radical (unpaired) electrons. The number of carbonyl (C=O) groups excluding carboxylic acids is 2. The molecule has 2 N–H and O–H groups in total. The highest BCUT2D eigenvalue weighted by Gasteiger charge is 2.24. The number of nitrogens with zero attached hydrogens (tertiary/aromatic N) is 1. The normalized spacial score (nSPS) is 11.0. The molecule has 0 aliphatic carbocycles. The molecule has 0 aromatic heterocycles. The first-order chi connectivity index (χ1) is 13.0. The standard InChI is InChI=1S/C20H25N3O4S/c1-13-9-14(2)20(15(3)10-13)23(28(5,26)27)12-19(25)22-18-8-6-7-17(11-18)21-16(4)24/h6-11H,12H2,1-5H3,(H,21,24)(H,22,25). The van der Waals surface area contributed by atoms with Gasteiger partial charge in [0.15, 0.2) is 0 Å². The van der Waals surface area contributed by atoms with Crippen molar-refractivity contribution in [3.05, 3.63) is 53.1 Å². The van der Waals surface area contributed by atoms with Gasteiger partial charge in [0.05, 0.1) is 11.9 Å². The van der Waals surface area contributed by atoms with Gasteiger partial charge in [0.2, 0.25) is 21.8 Å². The monoisotopic (exact) mass is 403 g/mol. The quantitative estimate of drug-likeness (QED) is 0.775. The highest BCUT2D eigenvalue weighted by molar-refractivity contribution is 7.92. The number of nitrogens with one attached hydrogen (secondary N) is 2.